The molecule has 2 aliphatic rings. The molecule has 2 saturated heterocycles. The van der Waals surface area contributed by atoms with E-state index in [1.54, 1.807) is 4.90 Å². The van der Waals surface area contributed by atoms with E-state index in [9.17, 15) is 4.79 Å². The monoisotopic (exact) mass is 474 g/mol. The predicted molar refractivity (Wildman–Crippen MR) is 134 cm³/mol. The van der Waals surface area contributed by atoms with Crippen LogP contribution in [0.4, 0.5) is 10.5 Å². The van der Waals surface area contributed by atoms with E-state index < -0.39 is 0 Å². The molecule has 3 aromatic heterocycles. The van der Waals surface area contributed by atoms with Crippen LogP contribution in [0.5, 0.6) is 0 Å². The van der Waals surface area contributed by atoms with Gasteiger partial charge in [0.1, 0.15) is 0 Å². The Balaban J connectivity index is 1.44. The Labute approximate surface area is 203 Å². The zero-order chi connectivity index (χ0) is 23.9. The zero-order valence-electron chi connectivity index (χ0n) is 20.1. The van der Waals surface area contributed by atoms with E-state index in [0.29, 0.717) is 26.3 Å². The number of anilines is 1. The van der Waals surface area contributed by atoms with Gasteiger partial charge >= 0.3 is 6.09 Å². The van der Waals surface area contributed by atoms with Crippen LogP contribution in [-0.2, 0) is 9.47 Å². The summed E-state index contributed by atoms with van der Waals surface area (Å²) in [5.41, 5.74) is 6.14. The first-order valence-electron chi connectivity index (χ1n) is 12.3. The number of carbonyl (C=O) groups is 1. The van der Waals surface area contributed by atoms with Crippen molar-refractivity contribution in [1.29, 1.82) is 0 Å². The molecule has 1 amide bonds. The molecule has 4 aromatic rings. The first kappa shape index (κ1) is 21.9. The molecular weight excluding hydrogens is 444 g/mol. The van der Waals surface area contributed by atoms with E-state index in [2.05, 4.69) is 47.1 Å². The molecule has 1 atom stereocenters. The van der Waals surface area contributed by atoms with Gasteiger partial charge < -0.3 is 24.3 Å². The molecule has 0 radical (unpaired) electrons. The fourth-order valence-electron chi connectivity index (χ4n) is 5.38. The summed E-state index contributed by atoms with van der Waals surface area (Å²) in [6.45, 7) is 5.73. The maximum Gasteiger partial charge on any atom is 0.409 e. The average molecular weight is 475 g/mol. The normalized spacial score (nSPS) is 19.5. The number of ether oxygens (including phenoxy) is 2. The fourth-order valence-corrected chi connectivity index (χ4v) is 5.38. The number of morpholine rings is 1. The topological polar surface area (TPSA) is 88.0 Å². The Morgan fingerprint density at radius 1 is 1.17 bits per heavy atom. The third kappa shape index (κ3) is 3.89. The number of methoxy groups -OCH3 is 1. The first-order valence-corrected chi connectivity index (χ1v) is 12.3. The molecular formula is C26H30N6O3. The summed E-state index contributed by atoms with van der Waals surface area (Å²) in [6.07, 6.45) is 5.38. The number of hydrogen-bond acceptors (Lipinski definition) is 6. The second-order valence-corrected chi connectivity index (χ2v) is 9.46. The number of imidazole rings is 1. The largest absolute Gasteiger partial charge is 0.453 e. The van der Waals surface area contributed by atoms with Crippen LogP contribution in [0.25, 0.3) is 27.8 Å². The number of fused-ring (bicyclic) bond motifs is 2. The van der Waals surface area contributed by atoms with Crippen LogP contribution in [0, 0.1) is 0 Å². The second-order valence-electron chi connectivity index (χ2n) is 9.46. The van der Waals surface area contributed by atoms with Gasteiger partial charge in [0, 0.05) is 54.3 Å². The van der Waals surface area contributed by atoms with Gasteiger partial charge in [0.25, 0.3) is 0 Å². The zero-order valence-corrected chi connectivity index (χ0v) is 20.1. The minimum Gasteiger partial charge on any atom is -0.453 e. The molecule has 0 unspecified atom stereocenters. The Bertz CT molecular complexity index is 1370. The number of H-pyrrole nitrogens is 1. The van der Waals surface area contributed by atoms with Gasteiger partial charge in [-0.25, -0.2) is 14.3 Å². The van der Waals surface area contributed by atoms with E-state index >= 15 is 0 Å². The molecule has 5 heterocycles. The van der Waals surface area contributed by atoms with Crippen molar-refractivity contribution in [3.05, 3.63) is 48.4 Å². The van der Waals surface area contributed by atoms with Crippen LogP contribution >= 0.6 is 0 Å². The number of aromatic amines is 1. The van der Waals surface area contributed by atoms with Gasteiger partial charge in [0.05, 0.1) is 43.6 Å². The molecule has 2 aliphatic heterocycles. The summed E-state index contributed by atoms with van der Waals surface area (Å²) < 4.78 is 12.7. The van der Waals surface area contributed by atoms with Crippen LogP contribution in [-0.4, -0.2) is 76.6 Å². The highest BCUT2D eigenvalue weighted by molar-refractivity contribution is 5.85. The number of rotatable bonds is 3. The van der Waals surface area contributed by atoms with E-state index in [-0.39, 0.29) is 18.1 Å². The number of aromatic nitrogens is 4. The lowest BCUT2D eigenvalue weighted by Crippen LogP contribution is -2.44. The lowest BCUT2D eigenvalue weighted by Gasteiger charge is -2.35. The van der Waals surface area contributed by atoms with E-state index in [0.717, 1.165) is 58.6 Å². The SMILES string of the molecule is COC(=O)N1CCC(c2cnc3c(N4CCOC[C@@H]4C)cc(-c4ccc5[nH]ccc5c4)nn23)CC1. The van der Waals surface area contributed by atoms with Crippen LogP contribution in [0.3, 0.4) is 0 Å². The van der Waals surface area contributed by atoms with Crippen molar-refractivity contribution in [1.82, 2.24) is 24.5 Å². The van der Waals surface area contributed by atoms with Crippen molar-refractivity contribution in [2.75, 3.05) is 44.9 Å². The molecule has 6 rings (SSSR count). The number of hydrogen-bond donors (Lipinski definition) is 1. The van der Waals surface area contributed by atoms with Gasteiger partial charge in [0.2, 0.25) is 0 Å². The van der Waals surface area contributed by atoms with Crippen molar-refractivity contribution >= 4 is 28.3 Å². The van der Waals surface area contributed by atoms with Crippen LogP contribution in [0.15, 0.2) is 42.7 Å². The number of likely N-dealkylation sites (tertiary alicyclic amines) is 1. The van der Waals surface area contributed by atoms with E-state index in [1.165, 1.54) is 7.11 Å². The summed E-state index contributed by atoms with van der Waals surface area (Å²) >= 11 is 0. The summed E-state index contributed by atoms with van der Waals surface area (Å²) in [7, 11) is 1.43. The number of amides is 1. The lowest BCUT2D eigenvalue weighted by atomic mass is 9.94. The molecule has 0 aliphatic carbocycles. The number of carbonyl (C=O) groups excluding carboxylic acids is 1. The molecule has 182 valence electrons. The van der Waals surface area contributed by atoms with Gasteiger partial charge in [-0.3, -0.25) is 0 Å². The molecule has 2 fully saturated rings. The number of piperidine rings is 1. The van der Waals surface area contributed by atoms with E-state index in [4.69, 9.17) is 19.6 Å². The van der Waals surface area contributed by atoms with Gasteiger partial charge in [-0.2, -0.15) is 5.10 Å². The molecule has 0 spiro atoms. The Morgan fingerprint density at radius 2 is 2.03 bits per heavy atom. The molecule has 9 nitrogen and oxygen atoms in total. The number of nitrogens with zero attached hydrogens (tertiary/aromatic N) is 5. The molecule has 35 heavy (non-hydrogen) atoms. The summed E-state index contributed by atoms with van der Waals surface area (Å²) in [6, 6.07) is 10.9. The van der Waals surface area contributed by atoms with Crippen LogP contribution in [0.2, 0.25) is 0 Å². The van der Waals surface area contributed by atoms with Gasteiger partial charge in [-0.1, -0.05) is 6.07 Å². The average Bonchev–Trinajstić information content (AvgIpc) is 3.55. The van der Waals surface area contributed by atoms with Crippen LogP contribution in [0.1, 0.15) is 31.4 Å². The Morgan fingerprint density at radius 3 is 2.83 bits per heavy atom. The van der Waals surface area contributed by atoms with Crippen molar-refractivity contribution in [3.63, 3.8) is 0 Å². The van der Waals surface area contributed by atoms with Crippen molar-refractivity contribution < 1.29 is 14.3 Å². The standard InChI is InChI=1S/C26H30N6O3/c1-17-16-35-12-11-31(17)23-14-22(19-3-4-21-20(13-19)5-8-27-21)29-32-24(15-28-25(23)32)18-6-9-30(10-7-18)26(33)34-2/h3-5,8,13-15,17-18,27H,6-7,9-12,16H2,1-2H3/t17-/m0/s1. The molecule has 0 saturated carbocycles. The van der Waals surface area contributed by atoms with Crippen molar-refractivity contribution in [2.24, 2.45) is 0 Å². The number of nitrogens with one attached hydrogen (secondary N) is 1. The minimum absolute atomic E-state index is 0.249. The Kier molecular flexibility index (Phi) is 5.56. The Hall–Kier alpha value is -3.59. The predicted octanol–water partition coefficient (Wildman–Crippen LogP) is 4.05. The summed E-state index contributed by atoms with van der Waals surface area (Å²) in [4.78, 5) is 24.2. The highest BCUT2D eigenvalue weighted by atomic mass is 16.5. The van der Waals surface area contributed by atoms with Gasteiger partial charge in [0.15, 0.2) is 5.65 Å². The summed E-state index contributed by atoms with van der Waals surface area (Å²) in [5, 5.41) is 6.26. The molecule has 1 N–H and O–H groups in total. The lowest BCUT2D eigenvalue weighted by molar-refractivity contribution is 0.0990. The van der Waals surface area contributed by atoms with Gasteiger partial charge in [-0.05, 0) is 44.0 Å². The van der Waals surface area contributed by atoms with Crippen molar-refractivity contribution in [3.8, 4) is 11.3 Å². The molecule has 0 bridgehead atoms. The summed E-state index contributed by atoms with van der Waals surface area (Å²) in [5.74, 6) is 0.274. The highest BCUT2D eigenvalue weighted by Crippen LogP contribution is 2.34. The van der Waals surface area contributed by atoms with Crippen LogP contribution < -0.4 is 4.90 Å². The maximum atomic E-state index is 12.0. The third-order valence-electron chi connectivity index (χ3n) is 7.35. The minimum atomic E-state index is -0.259. The number of benzene rings is 1. The van der Waals surface area contributed by atoms with Crippen molar-refractivity contribution in [2.45, 2.75) is 31.7 Å². The van der Waals surface area contributed by atoms with E-state index in [1.807, 2.05) is 16.9 Å². The molecule has 9 heteroatoms. The highest BCUT2D eigenvalue weighted by Gasteiger charge is 2.29. The quantitative estimate of drug-likeness (QED) is 0.482. The smallest absolute Gasteiger partial charge is 0.409 e. The second kappa shape index (κ2) is 8.88. The third-order valence-corrected chi connectivity index (χ3v) is 7.35. The fraction of sp³-hybridized carbons (Fsp3) is 0.423. The van der Waals surface area contributed by atoms with Gasteiger partial charge in [-0.15, -0.1) is 0 Å². The first-order chi connectivity index (χ1) is 17.1. The molecule has 1 aromatic carbocycles. The maximum absolute atomic E-state index is 12.0.